The van der Waals surface area contributed by atoms with Gasteiger partial charge in [-0.15, -0.1) is 0 Å². The maximum Gasteiger partial charge on any atom is 0.329 e. The second-order valence-electron chi connectivity index (χ2n) is 3.41. The molecule has 1 rings (SSSR count). The van der Waals surface area contributed by atoms with Crippen molar-refractivity contribution >= 4 is 23.4 Å². The van der Waals surface area contributed by atoms with Crippen LogP contribution in [0.25, 0.3) is 0 Å². The van der Waals surface area contributed by atoms with Crippen molar-refractivity contribution in [1.29, 1.82) is 0 Å². The Morgan fingerprint density at radius 1 is 1.33 bits per heavy atom. The number of aliphatic carboxylic acids is 1. The summed E-state index contributed by atoms with van der Waals surface area (Å²) < 4.78 is 4.75. The van der Waals surface area contributed by atoms with Crippen LogP contribution in [-0.2, 0) is 9.53 Å². The lowest BCUT2D eigenvalue weighted by Gasteiger charge is -2.09. The first-order valence-electron chi connectivity index (χ1n) is 5.28. The molecule has 0 heterocycles. The first kappa shape index (κ1) is 13.8. The van der Waals surface area contributed by atoms with Crippen molar-refractivity contribution in [2.24, 2.45) is 0 Å². The highest BCUT2D eigenvalue weighted by atomic mass is 16.5. The van der Waals surface area contributed by atoms with Crippen LogP contribution in [0.2, 0.25) is 0 Å². The Balaban J connectivity index is 2.22. The molecule has 1 aromatic carbocycles. The average Bonchev–Trinajstić information content (AvgIpc) is 2.31. The van der Waals surface area contributed by atoms with Gasteiger partial charge in [0, 0.05) is 6.54 Å². The predicted molar refractivity (Wildman–Crippen MR) is 66.3 cm³/mol. The van der Waals surface area contributed by atoms with E-state index in [9.17, 15) is 9.59 Å². The molecule has 0 bridgehead atoms. The first-order chi connectivity index (χ1) is 8.59. The number of nitrogens with one attached hydrogen (secondary N) is 2. The van der Waals surface area contributed by atoms with Gasteiger partial charge in [-0.25, -0.2) is 9.59 Å². The highest BCUT2D eigenvalue weighted by molar-refractivity contribution is 5.92. The van der Waals surface area contributed by atoms with Crippen molar-refractivity contribution in [3.63, 3.8) is 0 Å². The van der Waals surface area contributed by atoms with Crippen LogP contribution < -0.4 is 16.4 Å². The minimum atomic E-state index is -1.04. The minimum absolute atomic E-state index is 0.129. The SMILES string of the molecule is Nc1ccccc1NC(=O)NCCOCC(=O)O. The molecule has 0 aliphatic heterocycles. The Bertz CT molecular complexity index is 423. The van der Waals surface area contributed by atoms with Crippen LogP contribution >= 0.6 is 0 Å². The van der Waals surface area contributed by atoms with Crippen LogP contribution in [-0.4, -0.2) is 36.9 Å². The molecule has 1 aromatic rings. The molecule has 18 heavy (non-hydrogen) atoms. The minimum Gasteiger partial charge on any atom is -0.480 e. The summed E-state index contributed by atoms with van der Waals surface area (Å²) in [5.74, 6) is -1.04. The normalized spacial score (nSPS) is 9.78. The molecule has 5 N–H and O–H groups in total. The van der Waals surface area contributed by atoms with Gasteiger partial charge >= 0.3 is 12.0 Å². The zero-order chi connectivity index (χ0) is 13.4. The molecule has 7 heteroatoms. The molecule has 0 aliphatic carbocycles. The van der Waals surface area contributed by atoms with Crippen LogP contribution in [0.3, 0.4) is 0 Å². The summed E-state index contributed by atoms with van der Waals surface area (Å²) in [6.07, 6.45) is 0. The van der Waals surface area contributed by atoms with Gasteiger partial charge in [-0.05, 0) is 12.1 Å². The monoisotopic (exact) mass is 253 g/mol. The van der Waals surface area contributed by atoms with Crippen molar-refractivity contribution in [3.8, 4) is 0 Å². The van der Waals surface area contributed by atoms with Crippen LogP contribution in [0.5, 0.6) is 0 Å². The summed E-state index contributed by atoms with van der Waals surface area (Å²) in [5.41, 5.74) is 6.63. The van der Waals surface area contributed by atoms with Crippen LogP contribution in [0.15, 0.2) is 24.3 Å². The maximum atomic E-state index is 11.4. The molecule has 0 unspecified atom stereocenters. The zero-order valence-corrected chi connectivity index (χ0v) is 9.68. The van der Waals surface area contributed by atoms with E-state index in [1.807, 2.05) is 0 Å². The fraction of sp³-hybridized carbons (Fsp3) is 0.273. The summed E-state index contributed by atoms with van der Waals surface area (Å²) in [4.78, 5) is 21.5. The largest absolute Gasteiger partial charge is 0.480 e. The van der Waals surface area contributed by atoms with E-state index in [1.54, 1.807) is 24.3 Å². The van der Waals surface area contributed by atoms with Gasteiger partial charge in [0.2, 0.25) is 0 Å². The molecule has 0 atom stereocenters. The van der Waals surface area contributed by atoms with Gasteiger partial charge in [0.1, 0.15) is 6.61 Å². The van der Waals surface area contributed by atoms with E-state index in [0.29, 0.717) is 11.4 Å². The second kappa shape index (κ2) is 7.13. The smallest absolute Gasteiger partial charge is 0.329 e. The Hall–Kier alpha value is -2.28. The lowest BCUT2D eigenvalue weighted by molar-refractivity contribution is -0.142. The fourth-order valence-corrected chi connectivity index (χ4v) is 1.17. The molecule has 0 spiro atoms. The number of nitrogen functional groups attached to an aromatic ring is 1. The number of rotatable bonds is 6. The average molecular weight is 253 g/mol. The summed E-state index contributed by atoms with van der Waals surface area (Å²) >= 11 is 0. The van der Waals surface area contributed by atoms with Gasteiger partial charge in [-0.3, -0.25) is 0 Å². The third-order valence-corrected chi connectivity index (χ3v) is 1.97. The van der Waals surface area contributed by atoms with E-state index in [2.05, 4.69) is 10.6 Å². The number of carboxylic acid groups (broad SMARTS) is 1. The van der Waals surface area contributed by atoms with E-state index >= 15 is 0 Å². The summed E-state index contributed by atoms with van der Waals surface area (Å²) in [7, 11) is 0. The summed E-state index contributed by atoms with van der Waals surface area (Å²) in [6, 6.07) is 6.44. The number of benzene rings is 1. The van der Waals surface area contributed by atoms with Gasteiger partial charge in [0.15, 0.2) is 0 Å². The fourth-order valence-electron chi connectivity index (χ4n) is 1.17. The van der Waals surface area contributed by atoms with Gasteiger partial charge in [0.05, 0.1) is 18.0 Å². The predicted octanol–water partition coefficient (Wildman–Crippen LogP) is 0.491. The van der Waals surface area contributed by atoms with Crippen molar-refractivity contribution in [3.05, 3.63) is 24.3 Å². The maximum absolute atomic E-state index is 11.4. The molecular formula is C11H15N3O4. The van der Waals surface area contributed by atoms with Crippen molar-refractivity contribution < 1.29 is 19.4 Å². The lowest BCUT2D eigenvalue weighted by atomic mass is 10.3. The number of amides is 2. The molecule has 0 fully saturated rings. The zero-order valence-electron chi connectivity index (χ0n) is 9.68. The Morgan fingerprint density at radius 2 is 2.06 bits per heavy atom. The molecule has 98 valence electrons. The third-order valence-electron chi connectivity index (χ3n) is 1.97. The molecule has 0 radical (unpaired) electrons. The Kier molecular flexibility index (Phi) is 5.46. The Morgan fingerprint density at radius 3 is 2.72 bits per heavy atom. The number of para-hydroxylation sites is 2. The topological polar surface area (TPSA) is 114 Å². The quantitative estimate of drug-likeness (QED) is 0.435. The van der Waals surface area contributed by atoms with Gasteiger partial charge in [-0.1, -0.05) is 12.1 Å². The number of ether oxygens (including phenoxy) is 1. The van der Waals surface area contributed by atoms with Gasteiger partial charge in [0.25, 0.3) is 0 Å². The number of carboxylic acids is 1. The molecule has 0 saturated carbocycles. The number of urea groups is 1. The van der Waals surface area contributed by atoms with E-state index in [-0.39, 0.29) is 19.8 Å². The lowest BCUT2D eigenvalue weighted by Crippen LogP contribution is -2.32. The standard InChI is InChI=1S/C11H15N3O4/c12-8-3-1-2-4-9(8)14-11(17)13-5-6-18-7-10(15)16/h1-4H,5-7,12H2,(H,15,16)(H2,13,14,17). The molecule has 0 aromatic heterocycles. The summed E-state index contributed by atoms with van der Waals surface area (Å²) in [5, 5.41) is 13.4. The number of carbonyl (C=O) groups is 2. The summed E-state index contributed by atoms with van der Waals surface area (Å²) in [6.45, 7) is -0.0369. The molecular weight excluding hydrogens is 238 g/mol. The third kappa shape index (κ3) is 5.17. The second-order valence-corrected chi connectivity index (χ2v) is 3.41. The molecule has 2 amide bonds. The molecule has 0 saturated heterocycles. The number of carbonyl (C=O) groups excluding carboxylic acids is 1. The van der Waals surface area contributed by atoms with Crippen LogP contribution in [0.1, 0.15) is 0 Å². The van der Waals surface area contributed by atoms with E-state index in [4.69, 9.17) is 15.6 Å². The number of hydrogen-bond acceptors (Lipinski definition) is 4. The van der Waals surface area contributed by atoms with E-state index in [1.165, 1.54) is 0 Å². The van der Waals surface area contributed by atoms with Crippen LogP contribution in [0.4, 0.5) is 16.2 Å². The van der Waals surface area contributed by atoms with Crippen LogP contribution in [0, 0.1) is 0 Å². The van der Waals surface area contributed by atoms with Crippen molar-refractivity contribution in [1.82, 2.24) is 5.32 Å². The number of anilines is 2. The van der Waals surface area contributed by atoms with E-state index < -0.39 is 12.0 Å². The molecule has 0 aliphatic rings. The molecule has 7 nitrogen and oxygen atoms in total. The highest BCUT2D eigenvalue weighted by Gasteiger charge is 2.03. The van der Waals surface area contributed by atoms with E-state index in [0.717, 1.165) is 0 Å². The Labute approximate surface area is 104 Å². The first-order valence-corrected chi connectivity index (χ1v) is 5.28. The highest BCUT2D eigenvalue weighted by Crippen LogP contribution is 2.15. The van der Waals surface area contributed by atoms with Gasteiger partial charge < -0.3 is 26.2 Å². The van der Waals surface area contributed by atoms with Gasteiger partial charge in [-0.2, -0.15) is 0 Å². The number of nitrogens with two attached hydrogens (primary N) is 1. The van der Waals surface area contributed by atoms with Crippen molar-refractivity contribution in [2.75, 3.05) is 30.8 Å². The van der Waals surface area contributed by atoms with Crippen molar-refractivity contribution in [2.45, 2.75) is 0 Å². The number of hydrogen-bond donors (Lipinski definition) is 4.